The van der Waals surface area contributed by atoms with Crippen LogP contribution in [0, 0.1) is 6.92 Å². The fourth-order valence-corrected chi connectivity index (χ4v) is 3.69. The van der Waals surface area contributed by atoms with E-state index in [4.69, 9.17) is 13.9 Å². The van der Waals surface area contributed by atoms with Crippen LogP contribution >= 0.6 is 11.3 Å². The highest BCUT2D eigenvalue weighted by Gasteiger charge is 2.27. The third kappa shape index (κ3) is 4.30. The van der Waals surface area contributed by atoms with Gasteiger partial charge in [-0.15, -0.1) is 11.3 Å². The number of methoxy groups -OCH3 is 2. The van der Waals surface area contributed by atoms with Crippen molar-refractivity contribution >= 4 is 39.8 Å². The molecule has 2 aromatic heterocycles. The molecule has 0 fully saturated rings. The van der Waals surface area contributed by atoms with Gasteiger partial charge >= 0.3 is 5.97 Å². The zero-order chi connectivity index (χ0) is 21.0. The van der Waals surface area contributed by atoms with Gasteiger partial charge in [0.1, 0.15) is 10.8 Å². The second-order valence-corrected chi connectivity index (χ2v) is 6.89. The van der Waals surface area contributed by atoms with Crippen LogP contribution in [0.4, 0.5) is 10.7 Å². The molecule has 1 aromatic carbocycles. The maximum atomic E-state index is 12.8. The number of nitrogens with one attached hydrogen (secondary N) is 2. The number of rotatable bonds is 6. The summed E-state index contributed by atoms with van der Waals surface area (Å²) in [5.41, 5.74) is 1.09. The van der Waals surface area contributed by atoms with Gasteiger partial charge in [0.25, 0.3) is 11.8 Å². The van der Waals surface area contributed by atoms with Crippen LogP contribution in [0.15, 0.2) is 47.1 Å². The average Bonchev–Trinajstić information content (AvgIpc) is 3.36. The highest BCUT2D eigenvalue weighted by Crippen LogP contribution is 2.34. The molecule has 0 saturated heterocycles. The van der Waals surface area contributed by atoms with E-state index in [0.717, 1.165) is 11.3 Å². The van der Waals surface area contributed by atoms with Crippen LogP contribution in [-0.4, -0.2) is 32.0 Å². The molecule has 0 unspecified atom stereocenters. The molecule has 0 spiro atoms. The second-order valence-electron chi connectivity index (χ2n) is 5.87. The molecule has 0 bridgehead atoms. The highest BCUT2D eigenvalue weighted by atomic mass is 32.1. The zero-order valence-electron chi connectivity index (χ0n) is 15.9. The summed E-state index contributed by atoms with van der Waals surface area (Å²) in [6.07, 6.45) is 1.36. The summed E-state index contributed by atoms with van der Waals surface area (Å²) in [6, 6.07) is 9.88. The lowest BCUT2D eigenvalue weighted by Gasteiger charge is -2.06. The van der Waals surface area contributed by atoms with Crippen molar-refractivity contribution in [2.24, 2.45) is 0 Å². The summed E-state index contributed by atoms with van der Waals surface area (Å²) < 4.78 is 15.0. The van der Waals surface area contributed by atoms with Crippen LogP contribution in [-0.2, 0) is 4.74 Å². The van der Waals surface area contributed by atoms with Crippen LogP contribution in [0.1, 0.15) is 36.1 Å². The number of benzene rings is 1. The van der Waals surface area contributed by atoms with Gasteiger partial charge in [0.15, 0.2) is 5.76 Å². The molecule has 0 aliphatic carbocycles. The summed E-state index contributed by atoms with van der Waals surface area (Å²) in [5.74, 6) is -0.871. The molecule has 2 amide bonds. The van der Waals surface area contributed by atoms with E-state index in [0.29, 0.717) is 17.0 Å². The highest BCUT2D eigenvalue weighted by molar-refractivity contribution is 7.19. The third-order valence-electron chi connectivity index (χ3n) is 4.06. The van der Waals surface area contributed by atoms with Crippen molar-refractivity contribution < 1.29 is 28.3 Å². The van der Waals surface area contributed by atoms with E-state index in [9.17, 15) is 14.4 Å². The van der Waals surface area contributed by atoms with Gasteiger partial charge < -0.3 is 24.5 Å². The molecular formula is C20H18N2O6S. The zero-order valence-corrected chi connectivity index (χ0v) is 16.7. The molecule has 150 valence electrons. The predicted octanol–water partition coefficient (Wildman–Crippen LogP) is 3.95. The summed E-state index contributed by atoms with van der Waals surface area (Å²) >= 11 is 0.979. The van der Waals surface area contributed by atoms with Gasteiger partial charge in [0.2, 0.25) is 0 Å². The van der Waals surface area contributed by atoms with Crippen molar-refractivity contribution in [3.05, 3.63) is 64.4 Å². The van der Waals surface area contributed by atoms with Crippen molar-refractivity contribution in [2.75, 3.05) is 24.9 Å². The van der Waals surface area contributed by atoms with Crippen LogP contribution in [0.3, 0.4) is 0 Å². The molecule has 29 heavy (non-hydrogen) atoms. The van der Waals surface area contributed by atoms with Crippen molar-refractivity contribution in [1.29, 1.82) is 0 Å². The lowest BCUT2D eigenvalue weighted by molar-refractivity contribution is 0.0601. The Morgan fingerprint density at radius 2 is 1.72 bits per heavy atom. The first kappa shape index (κ1) is 20.2. The number of carbonyl (C=O) groups excluding carboxylic acids is 3. The first-order valence-electron chi connectivity index (χ1n) is 8.46. The maximum Gasteiger partial charge on any atom is 0.341 e. The lowest BCUT2D eigenvalue weighted by Crippen LogP contribution is -2.14. The summed E-state index contributed by atoms with van der Waals surface area (Å²) in [5, 5.41) is 5.58. The van der Waals surface area contributed by atoms with Crippen LogP contribution in [0.5, 0.6) is 5.75 Å². The van der Waals surface area contributed by atoms with Gasteiger partial charge in [0.05, 0.1) is 30.9 Å². The Balaban J connectivity index is 1.89. The average molecular weight is 414 g/mol. The van der Waals surface area contributed by atoms with Crippen LogP contribution in [0.2, 0.25) is 0 Å². The van der Waals surface area contributed by atoms with Gasteiger partial charge in [-0.05, 0) is 48.9 Å². The van der Waals surface area contributed by atoms with Crippen LogP contribution in [0.25, 0.3) is 0 Å². The minimum atomic E-state index is -0.656. The van der Waals surface area contributed by atoms with Gasteiger partial charge in [-0.1, -0.05) is 0 Å². The molecule has 0 aliphatic heterocycles. The molecule has 0 radical (unpaired) electrons. The van der Waals surface area contributed by atoms with E-state index < -0.39 is 17.8 Å². The van der Waals surface area contributed by atoms with Crippen LogP contribution < -0.4 is 15.4 Å². The number of thiophene rings is 1. The second kappa shape index (κ2) is 8.61. The molecule has 0 atom stereocenters. The SMILES string of the molecule is COC(=O)c1c(NC(=O)c2ccco2)sc(C(=O)Nc2ccc(OC)cc2)c1C. The first-order valence-corrected chi connectivity index (χ1v) is 9.28. The first-order chi connectivity index (χ1) is 13.9. The fraction of sp³-hybridized carbons (Fsp3) is 0.150. The Morgan fingerprint density at radius 1 is 1.00 bits per heavy atom. The Kier molecular flexibility index (Phi) is 5.99. The number of ether oxygens (including phenoxy) is 2. The predicted molar refractivity (Wildman–Crippen MR) is 108 cm³/mol. The minimum absolute atomic E-state index is 0.0797. The van der Waals surface area contributed by atoms with E-state index in [1.807, 2.05) is 0 Å². The lowest BCUT2D eigenvalue weighted by atomic mass is 10.1. The topological polar surface area (TPSA) is 107 Å². The Hall–Kier alpha value is -3.59. The Labute approximate surface area is 170 Å². The molecule has 8 nitrogen and oxygen atoms in total. The number of hydrogen-bond donors (Lipinski definition) is 2. The minimum Gasteiger partial charge on any atom is -0.497 e. The van der Waals surface area contributed by atoms with E-state index in [1.165, 1.54) is 19.4 Å². The largest absolute Gasteiger partial charge is 0.497 e. The van der Waals surface area contributed by atoms with Crippen molar-refractivity contribution in [2.45, 2.75) is 6.92 Å². The van der Waals surface area contributed by atoms with Gasteiger partial charge in [0, 0.05) is 5.69 Å². The van der Waals surface area contributed by atoms with Gasteiger partial charge in [-0.2, -0.15) is 0 Å². The van der Waals surface area contributed by atoms with E-state index >= 15 is 0 Å². The fourth-order valence-electron chi connectivity index (χ4n) is 2.60. The molecule has 3 rings (SSSR count). The molecule has 0 aliphatic rings. The third-order valence-corrected chi connectivity index (χ3v) is 5.27. The quantitative estimate of drug-likeness (QED) is 0.592. The normalized spacial score (nSPS) is 10.3. The Morgan fingerprint density at radius 3 is 2.31 bits per heavy atom. The molecule has 3 aromatic rings. The number of hydrogen-bond acceptors (Lipinski definition) is 7. The molecular weight excluding hydrogens is 396 g/mol. The molecule has 2 N–H and O–H groups in total. The standard InChI is InChI=1S/C20H18N2O6S/c1-11-15(20(25)27-3)19(22-17(23)14-5-4-10-28-14)29-16(11)18(24)21-12-6-8-13(26-2)9-7-12/h4-10H,1-3H3,(H,21,24)(H,22,23). The molecule has 0 saturated carbocycles. The molecule has 9 heteroatoms. The van der Waals surface area contributed by atoms with E-state index in [2.05, 4.69) is 10.6 Å². The van der Waals surface area contributed by atoms with Crippen molar-refractivity contribution in [3.63, 3.8) is 0 Å². The van der Waals surface area contributed by atoms with Gasteiger partial charge in [-0.25, -0.2) is 4.79 Å². The monoisotopic (exact) mass is 414 g/mol. The smallest absolute Gasteiger partial charge is 0.341 e. The number of carbonyl (C=O) groups is 3. The Bertz CT molecular complexity index is 1040. The van der Waals surface area contributed by atoms with Crippen molar-refractivity contribution in [3.8, 4) is 5.75 Å². The summed E-state index contributed by atoms with van der Waals surface area (Å²) in [7, 11) is 2.78. The van der Waals surface area contributed by atoms with E-state index in [-0.39, 0.29) is 21.2 Å². The number of esters is 1. The number of anilines is 2. The van der Waals surface area contributed by atoms with Crippen molar-refractivity contribution in [1.82, 2.24) is 0 Å². The summed E-state index contributed by atoms with van der Waals surface area (Å²) in [6.45, 7) is 1.62. The molecule has 2 heterocycles. The number of amides is 2. The van der Waals surface area contributed by atoms with E-state index in [1.54, 1.807) is 44.4 Å². The number of furan rings is 1. The summed E-state index contributed by atoms with van der Waals surface area (Å²) in [4.78, 5) is 37.6. The maximum absolute atomic E-state index is 12.8. The van der Waals surface area contributed by atoms with Gasteiger partial charge in [-0.3, -0.25) is 9.59 Å².